The van der Waals surface area contributed by atoms with Crippen molar-refractivity contribution in [2.45, 2.75) is 39.2 Å². The SMILES string of the molecule is COc1ccc(C=O)cc1Cn1c(C)nc2c1CCCC2. The van der Waals surface area contributed by atoms with Gasteiger partial charge >= 0.3 is 0 Å². The van der Waals surface area contributed by atoms with Crippen LogP contribution in [0.5, 0.6) is 5.75 Å². The second-order valence-corrected chi connectivity index (χ2v) is 5.53. The summed E-state index contributed by atoms with van der Waals surface area (Å²) in [7, 11) is 1.66. The fraction of sp³-hybridized carbons (Fsp3) is 0.412. The number of aromatic nitrogens is 2. The highest BCUT2D eigenvalue weighted by Crippen LogP contribution is 2.26. The maximum absolute atomic E-state index is 11.0. The normalized spacial score (nSPS) is 13.8. The van der Waals surface area contributed by atoms with Crippen LogP contribution in [0.15, 0.2) is 18.2 Å². The largest absolute Gasteiger partial charge is 0.496 e. The summed E-state index contributed by atoms with van der Waals surface area (Å²) < 4.78 is 7.69. The van der Waals surface area contributed by atoms with Crippen molar-refractivity contribution in [3.63, 3.8) is 0 Å². The van der Waals surface area contributed by atoms with E-state index in [9.17, 15) is 4.79 Å². The molecule has 0 aliphatic heterocycles. The van der Waals surface area contributed by atoms with Crippen LogP contribution in [-0.2, 0) is 19.4 Å². The number of aryl methyl sites for hydroxylation is 2. The molecule has 110 valence electrons. The van der Waals surface area contributed by atoms with E-state index < -0.39 is 0 Å². The van der Waals surface area contributed by atoms with Gasteiger partial charge in [-0.1, -0.05) is 0 Å². The number of benzene rings is 1. The number of carbonyl (C=O) groups is 1. The van der Waals surface area contributed by atoms with Gasteiger partial charge in [-0.3, -0.25) is 4.79 Å². The molecule has 0 bridgehead atoms. The van der Waals surface area contributed by atoms with Crippen LogP contribution < -0.4 is 4.74 Å². The molecule has 0 atom stereocenters. The van der Waals surface area contributed by atoms with E-state index in [-0.39, 0.29) is 0 Å². The Hall–Kier alpha value is -2.10. The van der Waals surface area contributed by atoms with Gasteiger partial charge in [0.1, 0.15) is 17.9 Å². The maximum Gasteiger partial charge on any atom is 0.150 e. The van der Waals surface area contributed by atoms with E-state index in [2.05, 4.69) is 4.57 Å². The zero-order valence-corrected chi connectivity index (χ0v) is 12.6. The third-order valence-corrected chi connectivity index (χ3v) is 4.19. The number of rotatable bonds is 4. The quantitative estimate of drug-likeness (QED) is 0.811. The first kappa shape index (κ1) is 13.9. The second-order valence-electron chi connectivity index (χ2n) is 5.53. The number of hydrogen-bond acceptors (Lipinski definition) is 3. The molecule has 1 aliphatic rings. The van der Waals surface area contributed by atoms with Gasteiger partial charge in [0.25, 0.3) is 0 Å². The molecule has 0 N–H and O–H groups in total. The van der Waals surface area contributed by atoms with Crippen molar-refractivity contribution in [3.8, 4) is 5.75 Å². The van der Waals surface area contributed by atoms with Crippen molar-refractivity contribution in [1.82, 2.24) is 9.55 Å². The molecule has 1 aliphatic carbocycles. The summed E-state index contributed by atoms with van der Waals surface area (Å²) in [5, 5.41) is 0. The lowest BCUT2D eigenvalue weighted by Crippen LogP contribution is -2.11. The lowest BCUT2D eigenvalue weighted by atomic mass is 10.0. The first-order valence-corrected chi connectivity index (χ1v) is 7.40. The van der Waals surface area contributed by atoms with E-state index in [0.717, 1.165) is 36.3 Å². The molecule has 1 aromatic heterocycles. The summed E-state index contributed by atoms with van der Waals surface area (Å²) >= 11 is 0. The number of methoxy groups -OCH3 is 1. The van der Waals surface area contributed by atoms with Gasteiger partial charge < -0.3 is 9.30 Å². The Balaban J connectivity index is 2.00. The van der Waals surface area contributed by atoms with Crippen LogP contribution in [-0.4, -0.2) is 22.9 Å². The van der Waals surface area contributed by atoms with Gasteiger partial charge in [-0.25, -0.2) is 4.98 Å². The Morgan fingerprint density at radius 2 is 2.14 bits per heavy atom. The molecule has 0 saturated carbocycles. The highest BCUT2D eigenvalue weighted by Gasteiger charge is 2.19. The van der Waals surface area contributed by atoms with Gasteiger partial charge in [0, 0.05) is 16.8 Å². The summed E-state index contributed by atoms with van der Waals surface area (Å²) in [6, 6.07) is 5.55. The summed E-state index contributed by atoms with van der Waals surface area (Å²) in [5.41, 5.74) is 4.29. The van der Waals surface area contributed by atoms with Gasteiger partial charge in [-0.05, 0) is 50.8 Å². The zero-order valence-electron chi connectivity index (χ0n) is 12.6. The number of nitrogens with zero attached hydrogens (tertiary/aromatic N) is 2. The molecule has 3 rings (SSSR count). The zero-order chi connectivity index (χ0) is 14.8. The van der Waals surface area contributed by atoms with Crippen molar-refractivity contribution >= 4 is 6.29 Å². The Kier molecular flexibility index (Phi) is 3.78. The highest BCUT2D eigenvalue weighted by molar-refractivity contribution is 5.75. The third kappa shape index (κ3) is 2.58. The lowest BCUT2D eigenvalue weighted by molar-refractivity contribution is 0.112. The Labute approximate surface area is 124 Å². The van der Waals surface area contributed by atoms with Crippen molar-refractivity contribution in [3.05, 3.63) is 46.5 Å². The molecule has 0 unspecified atom stereocenters. The van der Waals surface area contributed by atoms with Gasteiger partial charge in [0.05, 0.1) is 19.3 Å². The molecule has 0 amide bonds. The monoisotopic (exact) mass is 284 g/mol. The van der Waals surface area contributed by atoms with Crippen LogP contribution in [0.1, 0.15) is 46.0 Å². The van der Waals surface area contributed by atoms with Crippen LogP contribution in [0, 0.1) is 6.92 Å². The number of carbonyl (C=O) groups excluding carboxylic acids is 1. The minimum atomic E-state index is 0.678. The predicted molar refractivity (Wildman–Crippen MR) is 81.1 cm³/mol. The summed E-state index contributed by atoms with van der Waals surface area (Å²) in [4.78, 5) is 15.7. The molecular weight excluding hydrogens is 264 g/mol. The van der Waals surface area contributed by atoms with E-state index in [4.69, 9.17) is 9.72 Å². The van der Waals surface area contributed by atoms with Gasteiger partial charge in [0.2, 0.25) is 0 Å². The third-order valence-electron chi connectivity index (χ3n) is 4.19. The second kappa shape index (κ2) is 5.72. The van der Waals surface area contributed by atoms with Crippen LogP contribution in [0.2, 0.25) is 0 Å². The smallest absolute Gasteiger partial charge is 0.150 e. The van der Waals surface area contributed by atoms with Crippen molar-refractivity contribution in [2.75, 3.05) is 7.11 Å². The van der Waals surface area contributed by atoms with Crippen molar-refractivity contribution < 1.29 is 9.53 Å². The van der Waals surface area contributed by atoms with Crippen LogP contribution in [0.25, 0.3) is 0 Å². The van der Waals surface area contributed by atoms with E-state index >= 15 is 0 Å². The highest BCUT2D eigenvalue weighted by atomic mass is 16.5. The molecule has 0 fully saturated rings. The maximum atomic E-state index is 11.0. The molecule has 1 aromatic carbocycles. The van der Waals surface area contributed by atoms with E-state index in [1.165, 1.54) is 24.2 Å². The van der Waals surface area contributed by atoms with Gasteiger partial charge in [0.15, 0.2) is 0 Å². The standard InChI is InChI=1S/C17H20N2O2/c1-12-18-15-5-3-4-6-16(15)19(12)10-14-9-13(11-20)7-8-17(14)21-2/h7-9,11H,3-6,10H2,1-2H3. The van der Waals surface area contributed by atoms with E-state index in [1.807, 2.05) is 19.1 Å². The Bertz CT molecular complexity index is 674. The fourth-order valence-corrected chi connectivity index (χ4v) is 3.11. The van der Waals surface area contributed by atoms with Crippen molar-refractivity contribution in [1.29, 1.82) is 0 Å². The van der Waals surface area contributed by atoms with Crippen molar-refractivity contribution in [2.24, 2.45) is 0 Å². The molecule has 21 heavy (non-hydrogen) atoms. The topological polar surface area (TPSA) is 44.1 Å². The lowest BCUT2D eigenvalue weighted by Gasteiger charge is -2.16. The van der Waals surface area contributed by atoms with E-state index in [0.29, 0.717) is 12.1 Å². The Morgan fingerprint density at radius 3 is 2.90 bits per heavy atom. The minimum Gasteiger partial charge on any atom is -0.496 e. The van der Waals surface area contributed by atoms with Crippen LogP contribution in [0.3, 0.4) is 0 Å². The molecule has 0 radical (unpaired) electrons. The predicted octanol–water partition coefficient (Wildman–Crippen LogP) is 2.94. The minimum absolute atomic E-state index is 0.678. The molecule has 4 heteroatoms. The summed E-state index contributed by atoms with van der Waals surface area (Å²) in [6.07, 6.45) is 5.50. The van der Waals surface area contributed by atoms with Crippen LogP contribution in [0.4, 0.5) is 0 Å². The number of imidazole rings is 1. The molecular formula is C17H20N2O2. The number of aldehydes is 1. The molecule has 0 spiro atoms. The summed E-state index contributed by atoms with van der Waals surface area (Å²) in [6.45, 7) is 2.76. The number of ether oxygens (including phenoxy) is 1. The molecule has 2 aromatic rings. The average Bonchev–Trinajstić information content (AvgIpc) is 2.83. The number of fused-ring (bicyclic) bond motifs is 1. The molecule has 0 saturated heterocycles. The van der Waals surface area contributed by atoms with Crippen LogP contribution >= 0.6 is 0 Å². The fourth-order valence-electron chi connectivity index (χ4n) is 3.11. The first-order chi connectivity index (χ1) is 10.2. The summed E-state index contributed by atoms with van der Waals surface area (Å²) in [5.74, 6) is 1.86. The van der Waals surface area contributed by atoms with E-state index in [1.54, 1.807) is 13.2 Å². The average molecular weight is 284 g/mol. The van der Waals surface area contributed by atoms with Gasteiger partial charge in [-0.15, -0.1) is 0 Å². The Morgan fingerprint density at radius 1 is 1.33 bits per heavy atom. The number of hydrogen-bond donors (Lipinski definition) is 0. The first-order valence-electron chi connectivity index (χ1n) is 7.40. The van der Waals surface area contributed by atoms with Gasteiger partial charge in [-0.2, -0.15) is 0 Å². The molecule has 1 heterocycles. The molecule has 4 nitrogen and oxygen atoms in total.